The van der Waals surface area contributed by atoms with Gasteiger partial charge in [-0.3, -0.25) is 0 Å². The van der Waals surface area contributed by atoms with Gasteiger partial charge in [0.25, 0.3) is 0 Å². The molecule has 1 aliphatic rings. The number of nitrogens with two attached hydrogens (primary N) is 1. The van der Waals surface area contributed by atoms with E-state index in [1.165, 1.54) is 18.6 Å². The quantitative estimate of drug-likeness (QED) is 0.932. The van der Waals surface area contributed by atoms with Crippen molar-refractivity contribution < 1.29 is 4.52 Å². The molecule has 19 heavy (non-hydrogen) atoms. The zero-order valence-corrected chi connectivity index (χ0v) is 11.5. The fourth-order valence-corrected chi connectivity index (χ4v) is 3.49. The molecule has 0 amide bonds. The molecule has 3 rings (SSSR count). The van der Waals surface area contributed by atoms with E-state index in [2.05, 4.69) is 10.1 Å². The average molecular weight is 275 g/mol. The summed E-state index contributed by atoms with van der Waals surface area (Å²) in [4.78, 5) is 4.49. The fourth-order valence-electron chi connectivity index (χ4n) is 2.25. The molecule has 100 valence electrons. The van der Waals surface area contributed by atoms with Gasteiger partial charge < -0.3 is 10.3 Å². The van der Waals surface area contributed by atoms with Crippen LogP contribution in [0.25, 0.3) is 0 Å². The van der Waals surface area contributed by atoms with E-state index in [9.17, 15) is 0 Å². The molecule has 2 atom stereocenters. The Kier molecular flexibility index (Phi) is 3.84. The second-order valence-corrected chi connectivity index (χ2v) is 6.05. The molecule has 2 aromatic rings. The van der Waals surface area contributed by atoms with E-state index in [-0.39, 0.29) is 6.04 Å². The summed E-state index contributed by atoms with van der Waals surface area (Å²) in [5.41, 5.74) is 7.15. The highest BCUT2D eigenvalue weighted by Gasteiger charge is 2.23. The number of nitrogens with zero attached hydrogens (tertiary/aromatic N) is 2. The van der Waals surface area contributed by atoms with Crippen LogP contribution in [0.1, 0.15) is 47.8 Å². The Balaban J connectivity index is 1.77. The van der Waals surface area contributed by atoms with Crippen molar-refractivity contribution >= 4 is 11.8 Å². The van der Waals surface area contributed by atoms with E-state index in [1.807, 2.05) is 42.1 Å². The minimum absolute atomic E-state index is 0.337. The molecule has 1 saturated heterocycles. The van der Waals surface area contributed by atoms with Gasteiger partial charge in [0, 0.05) is 0 Å². The third-order valence-corrected chi connectivity index (χ3v) is 4.72. The summed E-state index contributed by atoms with van der Waals surface area (Å²) in [7, 11) is 0. The molecular formula is C14H17N3OS. The van der Waals surface area contributed by atoms with Gasteiger partial charge in [0.15, 0.2) is 5.82 Å². The van der Waals surface area contributed by atoms with E-state index in [0.717, 1.165) is 17.8 Å². The molecule has 1 aromatic carbocycles. The predicted molar refractivity (Wildman–Crippen MR) is 75.8 cm³/mol. The minimum Gasteiger partial charge on any atom is -0.337 e. The molecule has 5 heteroatoms. The summed E-state index contributed by atoms with van der Waals surface area (Å²) in [6, 6.07) is 9.51. The Labute approximate surface area is 116 Å². The van der Waals surface area contributed by atoms with Crippen LogP contribution in [0, 0.1) is 0 Å². The zero-order chi connectivity index (χ0) is 13.1. The highest BCUT2D eigenvalue weighted by molar-refractivity contribution is 7.99. The van der Waals surface area contributed by atoms with Crippen LogP contribution in [0.15, 0.2) is 34.9 Å². The number of hydrogen-bond acceptors (Lipinski definition) is 5. The zero-order valence-electron chi connectivity index (χ0n) is 10.7. The van der Waals surface area contributed by atoms with E-state index in [1.54, 1.807) is 0 Å². The number of thioether (sulfide) groups is 1. The van der Waals surface area contributed by atoms with Crippen LogP contribution >= 0.6 is 11.8 Å². The summed E-state index contributed by atoms with van der Waals surface area (Å²) in [5.74, 6) is 2.48. The molecular weight excluding hydrogens is 258 g/mol. The molecule has 1 fully saturated rings. The SMILES string of the molecule is N[C@@H](c1ccccc1)c1nc(C2CCCCS2)no1. The lowest BCUT2D eigenvalue weighted by molar-refractivity contribution is 0.361. The molecule has 1 unspecified atom stereocenters. The molecule has 0 aliphatic carbocycles. The summed E-state index contributed by atoms with van der Waals surface area (Å²) in [6.07, 6.45) is 3.66. The van der Waals surface area contributed by atoms with E-state index < -0.39 is 0 Å². The largest absolute Gasteiger partial charge is 0.337 e. The van der Waals surface area contributed by atoms with Crippen LogP contribution in [-0.2, 0) is 0 Å². The summed E-state index contributed by atoms with van der Waals surface area (Å²) in [5, 5.41) is 4.47. The van der Waals surface area contributed by atoms with E-state index >= 15 is 0 Å². The van der Waals surface area contributed by atoms with Crippen molar-refractivity contribution in [2.45, 2.75) is 30.6 Å². The van der Waals surface area contributed by atoms with Gasteiger partial charge in [-0.15, -0.1) is 0 Å². The standard InChI is InChI=1S/C14H17N3OS/c15-12(10-6-2-1-3-7-10)14-16-13(17-18-14)11-8-4-5-9-19-11/h1-3,6-7,11-12H,4-5,8-9,15H2/t11?,12-/m0/s1. The Morgan fingerprint density at radius 1 is 1.26 bits per heavy atom. The first-order valence-corrected chi connectivity index (χ1v) is 7.65. The van der Waals surface area contributed by atoms with Gasteiger partial charge in [-0.1, -0.05) is 41.9 Å². The summed E-state index contributed by atoms with van der Waals surface area (Å²) >= 11 is 1.91. The van der Waals surface area contributed by atoms with Crippen LogP contribution in [0.3, 0.4) is 0 Å². The highest BCUT2D eigenvalue weighted by Crippen LogP contribution is 2.37. The molecule has 4 nitrogen and oxygen atoms in total. The normalized spacial score (nSPS) is 21.2. The van der Waals surface area contributed by atoms with Crippen molar-refractivity contribution in [2.75, 3.05) is 5.75 Å². The summed E-state index contributed by atoms with van der Waals surface area (Å²) in [6.45, 7) is 0. The second-order valence-electron chi connectivity index (χ2n) is 4.73. The highest BCUT2D eigenvalue weighted by atomic mass is 32.2. The lowest BCUT2D eigenvalue weighted by Gasteiger charge is -2.17. The van der Waals surface area contributed by atoms with Gasteiger partial charge in [0.2, 0.25) is 5.89 Å². The van der Waals surface area contributed by atoms with Gasteiger partial charge in [0.05, 0.1) is 5.25 Å². The maximum atomic E-state index is 6.16. The first-order valence-electron chi connectivity index (χ1n) is 6.60. The second kappa shape index (κ2) is 5.75. The first kappa shape index (κ1) is 12.7. The number of benzene rings is 1. The van der Waals surface area contributed by atoms with Gasteiger partial charge in [-0.25, -0.2) is 0 Å². The predicted octanol–water partition coefficient (Wildman–Crippen LogP) is 3.08. The number of rotatable bonds is 3. The molecule has 0 spiro atoms. The maximum Gasteiger partial charge on any atom is 0.248 e. The van der Waals surface area contributed by atoms with E-state index in [4.69, 9.17) is 10.3 Å². The molecule has 1 aromatic heterocycles. The van der Waals surface area contributed by atoms with Crippen LogP contribution in [0.2, 0.25) is 0 Å². The van der Waals surface area contributed by atoms with Gasteiger partial charge >= 0.3 is 0 Å². The molecule has 0 saturated carbocycles. The minimum atomic E-state index is -0.337. The molecule has 0 radical (unpaired) electrons. The van der Waals surface area contributed by atoms with Crippen molar-refractivity contribution in [3.63, 3.8) is 0 Å². The molecule has 2 heterocycles. The average Bonchev–Trinajstić information content (AvgIpc) is 2.98. The first-order chi connectivity index (χ1) is 9.34. The van der Waals surface area contributed by atoms with Crippen molar-refractivity contribution in [2.24, 2.45) is 5.73 Å². The fraction of sp³-hybridized carbons (Fsp3) is 0.429. The third-order valence-electron chi connectivity index (χ3n) is 3.35. The molecule has 2 N–H and O–H groups in total. The van der Waals surface area contributed by atoms with Crippen molar-refractivity contribution in [3.05, 3.63) is 47.6 Å². The van der Waals surface area contributed by atoms with Crippen LogP contribution in [-0.4, -0.2) is 15.9 Å². The molecule has 0 bridgehead atoms. The Morgan fingerprint density at radius 2 is 2.11 bits per heavy atom. The van der Waals surface area contributed by atoms with Crippen LogP contribution in [0.5, 0.6) is 0 Å². The number of hydrogen-bond donors (Lipinski definition) is 1. The van der Waals surface area contributed by atoms with Crippen molar-refractivity contribution in [3.8, 4) is 0 Å². The molecule has 1 aliphatic heterocycles. The maximum absolute atomic E-state index is 6.16. The lowest BCUT2D eigenvalue weighted by atomic mass is 10.1. The van der Waals surface area contributed by atoms with Crippen LogP contribution < -0.4 is 5.73 Å². The van der Waals surface area contributed by atoms with Crippen LogP contribution in [0.4, 0.5) is 0 Å². The monoisotopic (exact) mass is 275 g/mol. The van der Waals surface area contributed by atoms with Gasteiger partial charge in [0.1, 0.15) is 6.04 Å². The van der Waals surface area contributed by atoms with Crippen molar-refractivity contribution in [1.82, 2.24) is 10.1 Å². The smallest absolute Gasteiger partial charge is 0.248 e. The lowest BCUT2D eigenvalue weighted by Crippen LogP contribution is -2.12. The third kappa shape index (κ3) is 2.82. The Morgan fingerprint density at radius 3 is 2.84 bits per heavy atom. The van der Waals surface area contributed by atoms with Crippen molar-refractivity contribution in [1.29, 1.82) is 0 Å². The van der Waals surface area contributed by atoms with Gasteiger partial charge in [-0.05, 0) is 24.2 Å². The Bertz CT molecular complexity index is 522. The topological polar surface area (TPSA) is 64.9 Å². The van der Waals surface area contributed by atoms with E-state index in [0.29, 0.717) is 11.1 Å². The summed E-state index contributed by atoms with van der Waals surface area (Å²) < 4.78 is 5.33. The van der Waals surface area contributed by atoms with Gasteiger partial charge in [-0.2, -0.15) is 16.7 Å². The number of aromatic nitrogens is 2. The Hall–Kier alpha value is -1.33.